The minimum Gasteiger partial charge on any atom is -0.480 e. The molecule has 0 radical (unpaired) electrons. The van der Waals surface area contributed by atoms with E-state index < -0.39 is 10.8 Å². The van der Waals surface area contributed by atoms with Crippen LogP contribution in [0.2, 0.25) is 0 Å². The SMILES string of the molecule is CCCC(Cl)(C(=O)O)c1ccccc1. The first-order valence-electron chi connectivity index (χ1n) is 4.59. The van der Waals surface area contributed by atoms with Gasteiger partial charge in [0.25, 0.3) is 0 Å². The molecule has 0 spiro atoms. The van der Waals surface area contributed by atoms with Gasteiger partial charge < -0.3 is 5.11 Å². The van der Waals surface area contributed by atoms with Crippen LogP contribution in [0.4, 0.5) is 0 Å². The molecule has 2 nitrogen and oxygen atoms in total. The van der Waals surface area contributed by atoms with Gasteiger partial charge in [-0.15, -0.1) is 11.6 Å². The largest absolute Gasteiger partial charge is 0.480 e. The van der Waals surface area contributed by atoms with E-state index in [0.29, 0.717) is 12.0 Å². The number of hydrogen-bond acceptors (Lipinski definition) is 1. The summed E-state index contributed by atoms with van der Waals surface area (Å²) in [6.07, 6.45) is 1.18. The van der Waals surface area contributed by atoms with Gasteiger partial charge in [-0.25, -0.2) is 4.79 Å². The van der Waals surface area contributed by atoms with Crippen LogP contribution in [0.25, 0.3) is 0 Å². The molecule has 0 saturated heterocycles. The summed E-state index contributed by atoms with van der Waals surface area (Å²) in [5.41, 5.74) is 0.649. The summed E-state index contributed by atoms with van der Waals surface area (Å²) in [6.45, 7) is 1.92. The highest BCUT2D eigenvalue weighted by Gasteiger charge is 2.36. The minimum atomic E-state index is -1.27. The van der Waals surface area contributed by atoms with E-state index in [4.69, 9.17) is 16.7 Å². The zero-order chi connectivity index (χ0) is 10.6. The number of aliphatic carboxylic acids is 1. The third-order valence-electron chi connectivity index (χ3n) is 2.16. The number of hydrogen-bond donors (Lipinski definition) is 1. The fraction of sp³-hybridized carbons (Fsp3) is 0.364. The molecule has 1 atom stereocenters. The van der Waals surface area contributed by atoms with Crippen LogP contribution in [0.15, 0.2) is 30.3 Å². The Morgan fingerprint density at radius 3 is 2.43 bits per heavy atom. The molecular weight excluding hydrogens is 200 g/mol. The molecule has 0 fully saturated rings. The number of benzene rings is 1. The average molecular weight is 213 g/mol. The number of rotatable bonds is 4. The van der Waals surface area contributed by atoms with Gasteiger partial charge in [-0.3, -0.25) is 0 Å². The molecule has 1 aromatic carbocycles. The van der Waals surface area contributed by atoms with E-state index in [2.05, 4.69) is 0 Å². The fourth-order valence-electron chi connectivity index (χ4n) is 1.42. The normalized spacial score (nSPS) is 14.7. The van der Waals surface area contributed by atoms with Gasteiger partial charge in [0, 0.05) is 0 Å². The van der Waals surface area contributed by atoms with Gasteiger partial charge in [-0.05, 0) is 12.0 Å². The van der Waals surface area contributed by atoms with Gasteiger partial charge >= 0.3 is 5.97 Å². The van der Waals surface area contributed by atoms with E-state index in [9.17, 15) is 4.79 Å². The van der Waals surface area contributed by atoms with Crippen LogP contribution in [0, 0.1) is 0 Å². The van der Waals surface area contributed by atoms with Gasteiger partial charge in [-0.1, -0.05) is 43.7 Å². The molecule has 0 amide bonds. The van der Waals surface area contributed by atoms with E-state index in [1.165, 1.54) is 0 Å². The molecule has 0 aliphatic rings. The Morgan fingerprint density at radius 1 is 1.43 bits per heavy atom. The highest BCUT2D eigenvalue weighted by Crippen LogP contribution is 2.34. The van der Waals surface area contributed by atoms with Crippen molar-refractivity contribution in [2.75, 3.05) is 0 Å². The Morgan fingerprint density at radius 2 is 2.00 bits per heavy atom. The van der Waals surface area contributed by atoms with Crippen molar-refractivity contribution in [3.63, 3.8) is 0 Å². The maximum atomic E-state index is 11.1. The average Bonchev–Trinajstić information content (AvgIpc) is 2.19. The quantitative estimate of drug-likeness (QED) is 0.780. The smallest absolute Gasteiger partial charge is 0.329 e. The van der Waals surface area contributed by atoms with Crippen molar-refractivity contribution in [1.82, 2.24) is 0 Å². The molecule has 1 unspecified atom stereocenters. The lowest BCUT2D eigenvalue weighted by Crippen LogP contribution is -2.29. The molecule has 14 heavy (non-hydrogen) atoms. The second-order valence-electron chi connectivity index (χ2n) is 3.22. The number of halogens is 1. The maximum absolute atomic E-state index is 11.1. The van der Waals surface area contributed by atoms with Crippen LogP contribution in [0.5, 0.6) is 0 Å². The Balaban J connectivity index is 3.06. The van der Waals surface area contributed by atoms with Crippen molar-refractivity contribution in [2.45, 2.75) is 24.6 Å². The van der Waals surface area contributed by atoms with Crippen molar-refractivity contribution in [3.8, 4) is 0 Å². The van der Waals surface area contributed by atoms with Crippen LogP contribution in [-0.2, 0) is 9.67 Å². The number of carbonyl (C=O) groups is 1. The second kappa shape index (κ2) is 4.47. The minimum absolute atomic E-state index is 0.438. The van der Waals surface area contributed by atoms with Gasteiger partial charge in [0.15, 0.2) is 4.87 Å². The number of carboxylic acid groups (broad SMARTS) is 1. The first-order valence-corrected chi connectivity index (χ1v) is 4.97. The van der Waals surface area contributed by atoms with Crippen LogP contribution < -0.4 is 0 Å². The molecular formula is C11H13ClO2. The van der Waals surface area contributed by atoms with Gasteiger partial charge in [0.05, 0.1) is 0 Å². The van der Waals surface area contributed by atoms with Gasteiger partial charge in [0.1, 0.15) is 0 Å². The Labute approximate surface area is 88.5 Å². The summed E-state index contributed by atoms with van der Waals surface area (Å²) >= 11 is 6.10. The van der Waals surface area contributed by atoms with Crippen LogP contribution in [0.3, 0.4) is 0 Å². The zero-order valence-corrected chi connectivity index (χ0v) is 8.79. The first-order chi connectivity index (χ1) is 6.61. The molecule has 0 aromatic heterocycles. The summed E-state index contributed by atoms with van der Waals surface area (Å²) < 4.78 is 0. The second-order valence-corrected chi connectivity index (χ2v) is 3.87. The van der Waals surface area contributed by atoms with E-state index >= 15 is 0 Å². The van der Waals surface area contributed by atoms with Crippen molar-refractivity contribution < 1.29 is 9.90 Å². The molecule has 1 rings (SSSR count). The highest BCUT2D eigenvalue weighted by molar-refractivity contribution is 6.33. The van der Waals surface area contributed by atoms with Crippen molar-refractivity contribution >= 4 is 17.6 Å². The predicted molar refractivity (Wildman–Crippen MR) is 56.5 cm³/mol. The van der Waals surface area contributed by atoms with E-state index in [1.807, 2.05) is 13.0 Å². The summed E-state index contributed by atoms with van der Waals surface area (Å²) in [5, 5.41) is 9.09. The highest BCUT2D eigenvalue weighted by atomic mass is 35.5. The Hall–Kier alpha value is -1.02. The van der Waals surface area contributed by atoms with Crippen LogP contribution in [-0.4, -0.2) is 11.1 Å². The van der Waals surface area contributed by atoms with Gasteiger partial charge in [0.2, 0.25) is 0 Å². The molecule has 0 heterocycles. The first kappa shape index (κ1) is 11.1. The van der Waals surface area contributed by atoms with Gasteiger partial charge in [-0.2, -0.15) is 0 Å². The predicted octanol–water partition coefficient (Wildman–Crippen LogP) is 3.01. The van der Waals surface area contributed by atoms with Crippen LogP contribution >= 0.6 is 11.6 Å². The lowest BCUT2D eigenvalue weighted by Gasteiger charge is -2.21. The molecule has 0 aliphatic carbocycles. The van der Waals surface area contributed by atoms with Crippen molar-refractivity contribution in [3.05, 3.63) is 35.9 Å². The summed E-state index contributed by atoms with van der Waals surface area (Å²) in [6, 6.07) is 8.93. The molecule has 76 valence electrons. The summed E-state index contributed by atoms with van der Waals surface area (Å²) in [7, 11) is 0. The van der Waals surface area contributed by atoms with Crippen LogP contribution in [0.1, 0.15) is 25.3 Å². The Bertz CT molecular complexity index is 310. The molecule has 1 aromatic rings. The molecule has 1 N–H and O–H groups in total. The van der Waals surface area contributed by atoms with Crippen molar-refractivity contribution in [2.24, 2.45) is 0 Å². The standard InChI is InChI=1S/C11H13ClO2/c1-2-8-11(12,10(13)14)9-6-4-3-5-7-9/h3-7H,2,8H2,1H3,(H,13,14). The maximum Gasteiger partial charge on any atom is 0.329 e. The number of carboxylic acids is 1. The topological polar surface area (TPSA) is 37.3 Å². The number of alkyl halides is 1. The molecule has 3 heteroatoms. The van der Waals surface area contributed by atoms with E-state index in [1.54, 1.807) is 24.3 Å². The lowest BCUT2D eigenvalue weighted by atomic mass is 9.94. The molecule has 0 bridgehead atoms. The molecule has 0 saturated carbocycles. The molecule has 0 aliphatic heterocycles. The summed E-state index contributed by atoms with van der Waals surface area (Å²) in [5.74, 6) is -0.979. The third kappa shape index (κ3) is 2.07. The van der Waals surface area contributed by atoms with E-state index in [0.717, 1.165) is 6.42 Å². The van der Waals surface area contributed by atoms with E-state index in [-0.39, 0.29) is 0 Å². The lowest BCUT2D eigenvalue weighted by molar-refractivity contribution is -0.140. The Kier molecular flexibility index (Phi) is 3.53. The summed E-state index contributed by atoms with van der Waals surface area (Å²) in [4.78, 5) is 9.81. The third-order valence-corrected chi connectivity index (χ3v) is 2.73. The fourth-order valence-corrected chi connectivity index (χ4v) is 1.74. The monoisotopic (exact) mass is 212 g/mol. The zero-order valence-electron chi connectivity index (χ0n) is 8.03. The van der Waals surface area contributed by atoms with Crippen molar-refractivity contribution in [1.29, 1.82) is 0 Å².